The molecule has 2 N–H and O–H groups in total. The normalized spacial score (nSPS) is 12.1. The molecule has 1 aromatic heterocycles. The maximum Gasteiger partial charge on any atom is 0.261 e. The maximum absolute atomic E-state index is 12.3. The summed E-state index contributed by atoms with van der Waals surface area (Å²) >= 11 is 11.9. The van der Waals surface area contributed by atoms with Gasteiger partial charge < -0.3 is 15.0 Å². The van der Waals surface area contributed by atoms with E-state index in [0.29, 0.717) is 22.3 Å². The van der Waals surface area contributed by atoms with Gasteiger partial charge in [0.15, 0.2) is 6.10 Å². The number of amides is 1. The van der Waals surface area contributed by atoms with Crippen molar-refractivity contribution in [1.82, 2.24) is 10.3 Å². The first-order valence-electron chi connectivity index (χ1n) is 7.49. The molecule has 24 heavy (non-hydrogen) atoms. The van der Waals surface area contributed by atoms with E-state index in [1.165, 1.54) is 0 Å². The van der Waals surface area contributed by atoms with Gasteiger partial charge in [0.2, 0.25) is 0 Å². The fourth-order valence-corrected chi connectivity index (χ4v) is 2.90. The van der Waals surface area contributed by atoms with Gasteiger partial charge in [0.25, 0.3) is 5.91 Å². The molecule has 0 radical (unpaired) electrons. The van der Waals surface area contributed by atoms with Crippen molar-refractivity contribution < 1.29 is 9.53 Å². The summed E-state index contributed by atoms with van der Waals surface area (Å²) in [5, 5.41) is 4.87. The number of carbonyl (C=O) groups excluding carboxylic acids is 1. The van der Waals surface area contributed by atoms with E-state index in [1.54, 1.807) is 25.1 Å². The number of nitrogens with one attached hydrogen (secondary N) is 2. The molecule has 4 nitrogen and oxygen atoms in total. The molecule has 0 bridgehead atoms. The largest absolute Gasteiger partial charge is 0.479 e. The molecule has 0 saturated carbocycles. The molecule has 1 heterocycles. The second-order valence-corrected chi connectivity index (χ2v) is 6.25. The summed E-state index contributed by atoms with van der Waals surface area (Å²) in [6.45, 7) is 2.10. The molecule has 0 saturated heterocycles. The average molecular weight is 363 g/mol. The first-order valence-corrected chi connectivity index (χ1v) is 8.24. The third-order valence-corrected chi connectivity index (χ3v) is 4.24. The lowest BCUT2D eigenvalue weighted by atomic mass is 10.1. The second kappa shape index (κ2) is 7.16. The number of halogens is 2. The van der Waals surface area contributed by atoms with E-state index in [0.717, 1.165) is 16.5 Å². The topological polar surface area (TPSA) is 54.1 Å². The Labute approximate surface area is 149 Å². The van der Waals surface area contributed by atoms with Crippen LogP contribution in [0.3, 0.4) is 0 Å². The van der Waals surface area contributed by atoms with Crippen LogP contribution in [0.5, 0.6) is 5.75 Å². The number of hydrogen-bond acceptors (Lipinski definition) is 2. The molecule has 0 aliphatic carbocycles. The molecular weight excluding hydrogens is 347 g/mol. The SMILES string of the molecule is CC(Oc1ccc(Cl)cc1Cl)C(=O)NCc1cccc2[nH]ccc12. The fraction of sp³-hybridized carbons (Fsp3) is 0.167. The Balaban J connectivity index is 1.63. The van der Waals surface area contributed by atoms with Crippen LogP contribution in [-0.2, 0) is 11.3 Å². The summed E-state index contributed by atoms with van der Waals surface area (Å²) in [5.74, 6) is 0.213. The minimum absolute atomic E-state index is 0.214. The molecule has 1 amide bonds. The van der Waals surface area contributed by atoms with E-state index >= 15 is 0 Å². The average Bonchev–Trinajstić information content (AvgIpc) is 3.04. The summed E-state index contributed by atoms with van der Waals surface area (Å²) < 4.78 is 5.61. The quantitative estimate of drug-likeness (QED) is 0.698. The summed E-state index contributed by atoms with van der Waals surface area (Å²) in [7, 11) is 0. The van der Waals surface area contributed by atoms with Crippen LogP contribution in [-0.4, -0.2) is 17.0 Å². The van der Waals surface area contributed by atoms with E-state index in [2.05, 4.69) is 10.3 Å². The number of aromatic nitrogens is 1. The third-order valence-electron chi connectivity index (χ3n) is 3.71. The zero-order chi connectivity index (χ0) is 17.1. The van der Waals surface area contributed by atoms with Gasteiger partial charge in [-0.15, -0.1) is 0 Å². The minimum atomic E-state index is -0.672. The van der Waals surface area contributed by atoms with Crippen LogP contribution < -0.4 is 10.1 Å². The van der Waals surface area contributed by atoms with Gasteiger partial charge in [-0.25, -0.2) is 0 Å². The second-order valence-electron chi connectivity index (χ2n) is 5.41. The molecule has 0 aliphatic heterocycles. The summed E-state index contributed by atoms with van der Waals surface area (Å²) in [6.07, 6.45) is 1.21. The lowest BCUT2D eigenvalue weighted by Gasteiger charge is -2.16. The van der Waals surface area contributed by atoms with Crippen LogP contribution in [0.25, 0.3) is 10.9 Å². The van der Waals surface area contributed by atoms with Gasteiger partial charge in [0, 0.05) is 28.7 Å². The number of fused-ring (bicyclic) bond motifs is 1. The van der Waals surface area contributed by atoms with E-state index in [1.807, 2.05) is 30.5 Å². The van der Waals surface area contributed by atoms with Crippen molar-refractivity contribution >= 4 is 40.0 Å². The molecule has 0 fully saturated rings. The Morgan fingerprint density at radius 2 is 2.08 bits per heavy atom. The zero-order valence-electron chi connectivity index (χ0n) is 13.0. The highest BCUT2D eigenvalue weighted by molar-refractivity contribution is 6.35. The Kier molecular flexibility index (Phi) is 4.97. The molecule has 3 aromatic rings. The fourth-order valence-electron chi connectivity index (χ4n) is 2.45. The van der Waals surface area contributed by atoms with Gasteiger partial charge >= 0.3 is 0 Å². The number of aromatic amines is 1. The molecule has 0 aliphatic rings. The summed E-state index contributed by atoms with van der Waals surface area (Å²) in [4.78, 5) is 15.4. The number of hydrogen-bond donors (Lipinski definition) is 2. The smallest absolute Gasteiger partial charge is 0.261 e. The van der Waals surface area contributed by atoms with E-state index in [4.69, 9.17) is 27.9 Å². The highest BCUT2D eigenvalue weighted by Gasteiger charge is 2.16. The van der Waals surface area contributed by atoms with Gasteiger partial charge in [-0.05, 0) is 42.8 Å². The maximum atomic E-state index is 12.3. The van der Waals surface area contributed by atoms with E-state index in [-0.39, 0.29) is 5.91 Å². The van der Waals surface area contributed by atoms with Crippen molar-refractivity contribution in [3.8, 4) is 5.75 Å². The lowest BCUT2D eigenvalue weighted by Crippen LogP contribution is -2.36. The number of rotatable bonds is 5. The van der Waals surface area contributed by atoms with Crippen LogP contribution in [0, 0.1) is 0 Å². The van der Waals surface area contributed by atoms with Crippen molar-refractivity contribution in [2.24, 2.45) is 0 Å². The molecule has 3 rings (SSSR count). The summed E-state index contributed by atoms with van der Waals surface area (Å²) in [6, 6.07) is 12.8. The van der Waals surface area contributed by atoms with Gasteiger partial charge in [-0.1, -0.05) is 35.3 Å². The Hall–Kier alpha value is -2.17. The lowest BCUT2D eigenvalue weighted by molar-refractivity contribution is -0.127. The Morgan fingerprint density at radius 1 is 1.25 bits per heavy atom. The van der Waals surface area contributed by atoms with Crippen LogP contribution in [0.2, 0.25) is 10.0 Å². The summed E-state index contributed by atoms with van der Waals surface area (Å²) in [5.41, 5.74) is 2.08. The first kappa shape index (κ1) is 16.7. The Bertz CT molecular complexity index is 876. The van der Waals surface area contributed by atoms with Crippen LogP contribution in [0.1, 0.15) is 12.5 Å². The molecular formula is C18H16Cl2N2O2. The number of benzene rings is 2. The van der Waals surface area contributed by atoms with Gasteiger partial charge in [0.1, 0.15) is 5.75 Å². The zero-order valence-corrected chi connectivity index (χ0v) is 14.5. The van der Waals surface area contributed by atoms with E-state index in [9.17, 15) is 4.79 Å². The molecule has 124 valence electrons. The van der Waals surface area contributed by atoms with Crippen LogP contribution in [0.4, 0.5) is 0 Å². The van der Waals surface area contributed by atoms with Crippen molar-refractivity contribution in [2.75, 3.05) is 0 Å². The van der Waals surface area contributed by atoms with Crippen LogP contribution in [0.15, 0.2) is 48.7 Å². The molecule has 1 unspecified atom stereocenters. The highest BCUT2D eigenvalue weighted by Crippen LogP contribution is 2.28. The van der Waals surface area contributed by atoms with Crippen LogP contribution >= 0.6 is 23.2 Å². The van der Waals surface area contributed by atoms with Gasteiger partial charge in [-0.3, -0.25) is 4.79 Å². The van der Waals surface area contributed by atoms with Crippen molar-refractivity contribution in [3.05, 3.63) is 64.3 Å². The standard InChI is InChI=1S/C18H16Cl2N2O2/c1-11(24-17-6-5-13(19)9-15(17)20)18(23)22-10-12-3-2-4-16-14(12)7-8-21-16/h2-9,11,21H,10H2,1H3,(H,22,23). The van der Waals surface area contributed by atoms with Crippen molar-refractivity contribution in [1.29, 1.82) is 0 Å². The number of H-pyrrole nitrogens is 1. The first-order chi connectivity index (χ1) is 11.5. The molecule has 6 heteroatoms. The number of ether oxygens (including phenoxy) is 1. The Morgan fingerprint density at radius 3 is 2.88 bits per heavy atom. The molecule has 0 spiro atoms. The number of carbonyl (C=O) groups is 1. The molecule has 2 aromatic carbocycles. The third kappa shape index (κ3) is 3.66. The predicted molar refractivity (Wildman–Crippen MR) is 96.7 cm³/mol. The predicted octanol–water partition coefficient (Wildman–Crippen LogP) is 4.56. The minimum Gasteiger partial charge on any atom is -0.479 e. The van der Waals surface area contributed by atoms with E-state index < -0.39 is 6.10 Å². The molecule has 1 atom stereocenters. The highest BCUT2D eigenvalue weighted by atomic mass is 35.5. The monoisotopic (exact) mass is 362 g/mol. The van der Waals surface area contributed by atoms with Gasteiger partial charge in [0.05, 0.1) is 5.02 Å². The van der Waals surface area contributed by atoms with Crippen molar-refractivity contribution in [3.63, 3.8) is 0 Å². The van der Waals surface area contributed by atoms with Crippen molar-refractivity contribution in [2.45, 2.75) is 19.6 Å². The van der Waals surface area contributed by atoms with Gasteiger partial charge in [-0.2, -0.15) is 0 Å².